The maximum atomic E-state index is 3.54. The van der Waals surface area contributed by atoms with Gasteiger partial charge in [0, 0.05) is 6.67 Å². The van der Waals surface area contributed by atoms with Gasteiger partial charge in [-0.25, -0.2) is 0 Å². The van der Waals surface area contributed by atoms with Gasteiger partial charge in [0.25, 0.3) is 0 Å². The number of rotatable bonds is 6. The van der Waals surface area contributed by atoms with Crippen molar-refractivity contribution in [1.82, 2.24) is 9.88 Å². The lowest BCUT2D eigenvalue weighted by atomic mass is 9.98. The first-order chi connectivity index (χ1) is 6.49. The number of nitrogens with one attached hydrogen (secondary N) is 1. The highest BCUT2D eigenvalue weighted by Gasteiger charge is 2.02. The van der Waals surface area contributed by atoms with Crippen LogP contribution < -0.4 is 4.98 Å². The highest BCUT2D eigenvalue weighted by molar-refractivity contribution is 6.38. The van der Waals surface area contributed by atoms with Crippen molar-refractivity contribution in [1.29, 1.82) is 0 Å². The van der Waals surface area contributed by atoms with Crippen molar-refractivity contribution in [3.8, 4) is 0 Å². The Balaban J connectivity index is 3.51. The predicted octanol–water partition coefficient (Wildman–Crippen LogP) is 1.52. The average molecular weight is 214 g/mol. The van der Waals surface area contributed by atoms with Gasteiger partial charge in [0.1, 0.15) is 9.68 Å². The molecule has 84 valence electrons. The van der Waals surface area contributed by atoms with Gasteiger partial charge in [0.2, 0.25) is 0 Å². The molecule has 2 nitrogen and oxygen atoms in total. The second kappa shape index (κ2) is 7.21. The Labute approximate surface area is 91.7 Å². The third-order valence-electron chi connectivity index (χ3n) is 2.11. The van der Waals surface area contributed by atoms with E-state index in [1.54, 1.807) is 0 Å². The number of hydrogen-bond acceptors (Lipinski definition) is 2. The Kier molecular flexibility index (Phi) is 7.14. The summed E-state index contributed by atoms with van der Waals surface area (Å²) in [5.41, 5.74) is 2.69. The van der Waals surface area contributed by atoms with Crippen LogP contribution in [0.1, 0.15) is 34.6 Å². The molecule has 0 amide bonds. The maximum absolute atomic E-state index is 3.54. The Morgan fingerprint density at radius 3 is 2.21 bits per heavy atom. The van der Waals surface area contributed by atoms with Crippen LogP contribution in [-0.4, -0.2) is 34.3 Å². The smallest absolute Gasteiger partial charge is 0.117 e. The number of hydrogen-bond donors (Lipinski definition) is 1. The summed E-state index contributed by atoms with van der Waals surface area (Å²) < 4.78 is 0. The van der Waals surface area contributed by atoms with E-state index in [0.29, 0.717) is 5.41 Å². The van der Waals surface area contributed by atoms with Gasteiger partial charge >= 0.3 is 0 Å². The zero-order chi connectivity index (χ0) is 11.0. The first-order valence-corrected chi connectivity index (χ1v) is 7.12. The minimum Gasteiger partial charge on any atom is -0.327 e. The monoisotopic (exact) mass is 214 g/mol. The zero-order valence-corrected chi connectivity index (χ0v) is 11.8. The van der Waals surface area contributed by atoms with Gasteiger partial charge in [-0.3, -0.25) is 4.90 Å². The van der Waals surface area contributed by atoms with Crippen LogP contribution >= 0.6 is 0 Å². The third-order valence-corrected chi connectivity index (χ3v) is 3.09. The molecule has 0 rings (SSSR count). The molecule has 3 heteroatoms. The zero-order valence-electron chi connectivity index (χ0n) is 10.4. The Morgan fingerprint density at radius 1 is 1.21 bits per heavy atom. The summed E-state index contributed by atoms with van der Waals surface area (Å²) in [4.78, 5) is 5.94. The topological polar surface area (TPSA) is 15.3 Å². The van der Waals surface area contributed by atoms with E-state index in [1.165, 1.54) is 0 Å². The van der Waals surface area contributed by atoms with Gasteiger partial charge in [-0.05, 0) is 18.5 Å². The Morgan fingerprint density at radius 2 is 1.79 bits per heavy atom. The summed E-state index contributed by atoms with van der Waals surface area (Å²) in [6, 6.07) is 0. The Hall–Kier alpha value is -0.123. The van der Waals surface area contributed by atoms with E-state index >= 15 is 0 Å². The lowest BCUT2D eigenvalue weighted by molar-refractivity contribution is 0.301. The first-order valence-electron chi connectivity index (χ1n) is 5.60. The highest BCUT2D eigenvalue weighted by atomic mass is 28.2. The fraction of sp³-hybridized carbons (Fsp3) is 0.818. The van der Waals surface area contributed by atoms with Gasteiger partial charge in [0.05, 0.1) is 0 Å². The van der Waals surface area contributed by atoms with Crippen LogP contribution in [0.3, 0.4) is 0 Å². The SMILES string of the molecule is CCN(CC)CN[SiH2]C=CC(C)(C)C. The van der Waals surface area contributed by atoms with Crippen molar-refractivity contribution in [2.24, 2.45) is 5.41 Å². The third kappa shape index (κ3) is 8.47. The fourth-order valence-electron chi connectivity index (χ4n) is 1.17. The van der Waals surface area contributed by atoms with Crippen LogP contribution in [0.2, 0.25) is 0 Å². The first kappa shape index (κ1) is 13.9. The molecule has 1 N–H and O–H groups in total. The van der Waals surface area contributed by atoms with Crippen LogP contribution in [0.4, 0.5) is 0 Å². The van der Waals surface area contributed by atoms with Crippen molar-refractivity contribution in [2.75, 3.05) is 19.8 Å². The van der Waals surface area contributed by atoms with Crippen molar-refractivity contribution in [2.45, 2.75) is 34.6 Å². The van der Waals surface area contributed by atoms with Crippen LogP contribution in [-0.2, 0) is 0 Å². The largest absolute Gasteiger partial charge is 0.327 e. The standard InChI is InChI=1S/C11H26N2Si/c1-6-13(7-2)10-12-14-9-8-11(3,4)5/h8-9,12H,6-7,10,14H2,1-5H3. The predicted molar refractivity (Wildman–Crippen MR) is 68.1 cm³/mol. The molecule has 0 saturated heterocycles. The summed E-state index contributed by atoms with van der Waals surface area (Å²) in [7, 11) is -0.202. The summed E-state index contributed by atoms with van der Waals surface area (Å²) in [6.45, 7) is 14.5. The van der Waals surface area contributed by atoms with Crippen molar-refractivity contribution in [3.63, 3.8) is 0 Å². The lowest BCUT2D eigenvalue weighted by Crippen LogP contribution is -2.35. The van der Waals surface area contributed by atoms with E-state index in [4.69, 9.17) is 0 Å². The molecule has 0 heterocycles. The van der Waals surface area contributed by atoms with E-state index in [1.807, 2.05) is 0 Å². The van der Waals surface area contributed by atoms with E-state index in [9.17, 15) is 0 Å². The molecule has 0 bridgehead atoms. The number of nitrogens with zero attached hydrogens (tertiary/aromatic N) is 1. The fourth-order valence-corrected chi connectivity index (χ4v) is 2.60. The molecule has 0 aromatic rings. The molecule has 0 aliphatic carbocycles. The molecular formula is C11H26N2Si. The molecule has 0 aliphatic rings. The van der Waals surface area contributed by atoms with Crippen LogP contribution in [0.25, 0.3) is 0 Å². The van der Waals surface area contributed by atoms with E-state index in [0.717, 1.165) is 19.8 Å². The molecule has 0 fully saturated rings. The normalized spacial score (nSPS) is 13.9. The van der Waals surface area contributed by atoms with Crippen LogP contribution in [0.15, 0.2) is 11.8 Å². The molecule has 0 radical (unpaired) electrons. The molecule has 0 spiro atoms. The average Bonchev–Trinajstić information content (AvgIpc) is 2.09. The molecule has 0 aromatic heterocycles. The molecular weight excluding hydrogens is 188 g/mol. The summed E-state index contributed by atoms with van der Waals surface area (Å²) in [6.07, 6.45) is 2.31. The lowest BCUT2D eigenvalue weighted by Gasteiger charge is -2.18. The molecule has 0 saturated carbocycles. The van der Waals surface area contributed by atoms with Crippen LogP contribution in [0, 0.1) is 5.41 Å². The maximum Gasteiger partial charge on any atom is 0.117 e. The van der Waals surface area contributed by atoms with Crippen molar-refractivity contribution in [3.05, 3.63) is 11.8 Å². The highest BCUT2D eigenvalue weighted by Crippen LogP contribution is 2.13. The van der Waals surface area contributed by atoms with Crippen LogP contribution in [0.5, 0.6) is 0 Å². The second-order valence-electron chi connectivity index (χ2n) is 4.68. The van der Waals surface area contributed by atoms with Crippen molar-refractivity contribution < 1.29 is 0 Å². The molecule has 0 aliphatic heterocycles. The summed E-state index contributed by atoms with van der Waals surface area (Å²) in [5.74, 6) is 0. The summed E-state index contributed by atoms with van der Waals surface area (Å²) in [5, 5.41) is 0. The quantitative estimate of drug-likeness (QED) is 0.410. The number of allylic oxidation sites excluding steroid dienone is 1. The summed E-state index contributed by atoms with van der Waals surface area (Å²) >= 11 is 0. The molecule has 0 aromatic carbocycles. The van der Waals surface area contributed by atoms with E-state index in [-0.39, 0.29) is 9.68 Å². The van der Waals surface area contributed by atoms with Crippen molar-refractivity contribution >= 4 is 9.68 Å². The van der Waals surface area contributed by atoms with E-state index in [2.05, 4.69) is 56.3 Å². The minimum absolute atomic E-state index is 0.202. The minimum atomic E-state index is -0.202. The molecule has 0 unspecified atom stereocenters. The molecule has 14 heavy (non-hydrogen) atoms. The van der Waals surface area contributed by atoms with Gasteiger partial charge < -0.3 is 4.98 Å². The van der Waals surface area contributed by atoms with E-state index < -0.39 is 0 Å². The second-order valence-corrected chi connectivity index (χ2v) is 6.06. The van der Waals surface area contributed by atoms with Gasteiger partial charge in [-0.2, -0.15) is 0 Å². The van der Waals surface area contributed by atoms with Gasteiger partial charge in [-0.1, -0.05) is 46.4 Å². The van der Waals surface area contributed by atoms with Gasteiger partial charge in [-0.15, -0.1) is 0 Å². The van der Waals surface area contributed by atoms with Gasteiger partial charge in [0.15, 0.2) is 0 Å². The molecule has 0 atom stereocenters. The Bertz CT molecular complexity index is 157.